The van der Waals surface area contributed by atoms with Gasteiger partial charge in [-0.2, -0.15) is 0 Å². The van der Waals surface area contributed by atoms with Crippen molar-refractivity contribution in [2.75, 3.05) is 0 Å². The van der Waals surface area contributed by atoms with Gasteiger partial charge in [-0.1, -0.05) is 49.5 Å². The van der Waals surface area contributed by atoms with E-state index in [0.29, 0.717) is 0 Å². The third-order valence-electron chi connectivity index (χ3n) is 1.87. The van der Waals surface area contributed by atoms with Crippen LogP contribution in [0.25, 0.3) is 0 Å². The zero-order chi connectivity index (χ0) is 12.1. The van der Waals surface area contributed by atoms with Crippen LogP contribution >= 0.6 is 0 Å². The third-order valence-corrected chi connectivity index (χ3v) is 1.87. The fourth-order valence-electron chi connectivity index (χ4n) is 1.07. The topological polar surface area (TPSA) is 43.1 Å². The average Bonchev–Trinajstić information content (AvgIpc) is 2.25. The lowest BCUT2D eigenvalue weighted by Crippen LogP contribution is -2.04. The minimum absolute atomic E-state index is 0.407. The predicted molar refractivity (Wildman–Crippen MR) is 69.9 cm³/mol. The van der Waals surface area contributed by atoms with Gasteiger partial charge in [0, 0.05) is 6.08 Å². The molecular weight excluding hydrogens is 198 g/mol. The predicted octanol–water partition coefficient (Wildman–Crippen LogP) is 3.28. The van der Waals surface area contributed by atoms with Gasteiger partial charge >= 0.3 is 0 Å². The molecule has 0 aliphatic rings. The van der Waals surface area contributed by atoms with Crippen LogP contribution < -0.4 is 5.73 Å². The van der Waals surface area contributed by atoms with Crippen LogP contribution in [0.5, 0.6) is 0 Å². The van der Waals surface area contributed by atoms with Gasteiger partial charge in [0.25, 0.3) is 0 Å². The highest BCUT2D eigenvalue weighted by Gasteiger charge is 1.80. The zero-order valence-corrected chi connectivity index (χ0v) is 9.93. The van der Waals surface area contributed by atoms with Gasteiger partial charge in [0.2, 0.25) is 5.91 Å². The molecule has 2 N–H and O–H groups in total. The number of amides is 1. The van der Waals surface area contributed by atoms with Crippen molar-refractivity contribution < 1.29 is 4.79 Å². The normalized spacial score (nSPS) is 12.6. The second kappa shape index (κ2) is 11.5. The molecule has 2 heteroatoms. The SMILES string of the molecule is CCC=CC=CCCCC=CC=CC(N)=O. The van der Waals surface area contributed by atoms with E-state index < -0.39 is 5.91 Å². The largest absolute Gasteiger partial charge is 0.366 e. The maximum Gasteiger partial charge on any atom is 0.241 e. The van der Waals surface area contributed by atoms with Crippen LogP contribution in [0.15, 0.2) is 48.6 Å². The average molecular weight is 219 g/mol. The van der Waals surface area contributed by atoms with Gasteiger partial charge in [0.05, 0.1) is 0 Å². The smallest absolute Gasteiger partial charge is 0.241 e. The maximum absolute atomic E-state index is 10.3. The summed E-state index contributed by atoms with van der Waals surface area (Å²) < 4.78 is 0. The van der Waals surface area contributed by atoms with E-state index in [2.05, 4.69) is 31.2 Å². The minimum atomic E-state index is -0.407. The fourth-order valence-corrected chi connectivity index (χ4v) is 1.07. The zero-order valence-electron chi connectivity index (χ0n) is 9.93. The Morgan fingerprint density at radius 3 is 2.12 bits per heavy atom. The van der Waals surface area contributed by atoms with E-state index in [1.54, 1.807) is 6.08 Å². The molecule has 88 valence electrons. The van der Waals surface area contributed by atoms with Crippen molar-refractivity contribution in [2.24, 2.45) is 5.73 Å². The molecule has 0 aliphatic carbocycles. The van der Waals surface area contributed by atoms with Crippen molar-refractivity contribution >= 4 is 5.91 Å². The second-order valence-electron chi connectivity index (χ2n) is 3.39. The van der Waals surface area contributed by atoms with Crippen molar-refractivity contribution in [1.82, 2.24) is 0 Å². The Labute approximate surface area is 98.2 Å². The van der Waals surface area contributed by atoms with Gasteiger partial charge in [0.15, 0.2) is 0 Å². The Balaban J connectivity index is 3.43. The molecule has 0 aliphatic heterocycles. The highest BCUT2D eigenvalue weighted by molar-refractivity contribution is 5.85. The third kappa shape index (κ3) is 12.4. The lowest BCUT2D eigenvalue weighted by Gasteiger charge is -1.88. The fraction of sp³-hybridized carbons (Fsp3) is 0.357. The molecule has 0 fully saturated rings. The van der Waals surface area contributed by atoms with Gasteiger partial charge in [-0.25, -0.2) is 0 Å². The van der Waals surface area contributed by atoms with Crippen LogP contribution in [0.2, 0.25) is 0 Å². The Hall–Kier alpha value is -1.57. The van der Waals surface area contributed by atoms with Crippen molar-refractivity contribution in [3.05, 3.63) is 48.6 Å². The van der Waals surface area contributed by atoms with E-state index in [0.717, 1.165) is 25.7 Å². The summed E-state index contributed by atoms with van der Waals surface area (Å²) in [5.74, 6) is -0.407. The summed E-state index contributed by atoms with van der Waals surface area (Å²) in [6.07, 6.45) is 19.7. The molecule has 2 nitrogen and oxygen atoms in total. The number of nitrogens with two attached hydrogens (primary N) is 1. The first-order valence-corrected chi connectivity index (χ1v) is 5.71. The Morgan fingerprint density at radius 1 is 1.00 bits per heavy atom. The van der Waals surface area contributed by atoms with E-state index >= 15 is 0 Å². The number of hydrogen-bond acceptors (Lipinski definition) is 1. The summed E-state index contributed by atoms with van der Waals surface area (Å²) in [5, 5.41) is 0. The molecule has 0 aromatic rings. The van der Waals surface area contributed by atoms with Crippen LogP contribution in [0, 0.1) is 0 Å². The standard InChI is InChI=1S/C14H21NO/c1-2-3-4-5-6-7-8-9-10-11-12-13-14(15)16/h3-6,10-13H,2,7-9H2,1H3,(H2,15,16). The molecule has 0 saturated heterocycles. The molecule has 0 aromatic carbocycles. The number of unbranched alkanes of at least 4 members (excludes halogenated alkanes) is 2. The molecule has 1 amide bonds. The van der Waals surface area contributed by atoms with E-state index in [1.165, 1.54) is 6.08 Å². The van der Waals surface area contributed by atoms with E-state index in [-0.39, 0.29) is 0 Å². The summed E-state index contributed by atoms with van der Waals surface area (Å²) in [6, 6.07) is 0. The lowest BCUT2D eigenvalue weighted by atomic mass is 10.2. The molecule has 16 heavy (non-hydrogen) atoms. The molecule has 0 spiro atoms. The minimum Gasteiger partial charge on any atom is -0.366 e. The second-order valence-corrected chi connectivity index (χ2v) is 3.39. The summed E-state index contributed by atoms with van der Waals surface area (Å²) in [7, 11) is 0. The Morgan fingerprint density at radius 2 is 1.56 bits per heavy atom. The van der Waals surface area contributed by atoms with Crippen LogP contribution in [0.3, 0.4) is 0 Å². The molecule has 0 bridgehead atoms. The molecule has 0 saturated carbocycles. The molecule has 0 rings (SSSR count). The van der Waals surface area contributed by atoms with Gasteiger partial charge < -0.3 is 5.73 Å². The van der Waals surface area contributed by atoms with E-state index in [4.69, 9.17) is 5.73 Å². The Kier molecular flexibility index (Phi) is 10.4. The van der Waals surface area contributed by atoms with Crippen molar-refractivity contribution in [3.8, 4) is 0 Å². The van der Waals surface area contributed by atoms with Crippen LogP contribution in [-0.2, 0) is 4.79 Å². The summed E-state index contributed by atoms with van der Waals surface area (Å²) in [6.45, 7) is 2.12. The molecule has 0 unspecified atom stereocenters. The van der Waals surface area contributed by atoms with Crippen molar-refractivity contribution in [2.45, 2.75) is 32.6 Å². The van der Waals surface area contributed by atoms with Crippen LogP contribution in [0.4, 0.5) is 0 Å². The number of hydrogen-bond donors (Lipinski definition) is 1. The first-order chi connectivity index (χ1) is 7.77. The number of allylic oxidation sites excluding steroid dienone is 7. The maximum atomic E-state index is 10.3. The summed E-state index contributed by atoms with van der Waals surface area (Å²) >= 11 is 0. The highest BCUT2D eigenvalue weighted by atomic mass is 16.1. The van der Waals surface area contributed by atoms with E-state index in [1.807, 2.05) is 12.2 Å². The van der Waals surface area contributed by atoms with Crippen molar-refractivity contribution in [3.63, 3.8) is 0 Å². The van der Waals surface area contributed by atoms with Gasteiger partial charge in [-0.05, 0) is 25.7 Å². The molecule has 0 heterocycles. The monoisotopic (exact) mass is 219 g/mol. The van der Waals surface area contributed by atoms with Crippen LogP contribution in [-0.4, -0.2) is 5.91 Å². The van der Waals surface area contributed by atoms with E-state index in [9.17, 15) is 4.79 Å². The number of rotatable bonds is 8. The summed E-state index contributed by atoms with van der Waals surface area (Å²) in [5.41, 5.74) is 4.94. The van der Waals surface area contributed by atoms with Gasteiger partial charge in [-0.3, -0.25) is 4.79 Å². The number of primary amides is 1. The van der Waals surface area contributed by atoms with Gasteiger partial charge in [0.1, 0.15) is 0 Å². The first kappa shape index (κ1) is 14.4. The quantitative estimate of drug-likeness (QED) is 0.380. The Bertz CT molecular complexity index is 285. The first-order valence-electron chi connectivity index (χ1n) is 5.71. The molecule has 0 atom stereocenters. The van der Waals surface area contributed by atoms with Crippen molar-refractivity contribution in [1.29, 1.82) is 0 Å². The van der Waals surface area contributed by atoms with Crippen LogP contribution in [0.1, 0.15) is 32.6 Å². The molecular formula is C14H21NO. The molecule has 0 aromatic heterocycles. The van der Waals surface area contributed by atoms with Gasteiger partial charge in [-0.15, -0.1) is 0 Å². The number of carbonyl (C=O) groups excluding carboxylic acids is 1. The number of carbonyl (C=O) groups is 1. The highest BCUT2D eigenvalue weighted by Crippen LogP contribution is 1.98. The lowest BCUT2D eigenvalue weighted by molar-refractivity contribution is -0.113. The summed E-state index contributed by atoms with van der Waals surface area (Å²) in [4.78, 5) is 10.3. The molecule has 0 radical (unpaired) electrons.